The Bertz CT molecular complexity index is 622. The molecule has 1 heterocycles. The maximum absolute atomic E-state index is 12.6. The maximum atomic E-state index is 12.6. The number of nitrogens with one attached hydrogen (secondary N) is 1. The van der Waals surface area contributed by atoms with Crippen molar-refractivity contribution < 1.29 is 22.7 Å². The van der Waals surface area contributed by atoms with E-state index >= 15 is 0 Å². The van der Waals surface area contributed by atoms with Gasteiger partial charge in [-0.05, 0) is 24.3 Å². The molecule has 7 heteroatoms. The van der Waals surface area contributed by atoms with Crippen LogP contribution in [0.5, 0.6) is 0 Å². The molecule has 106 valence electrons. The molecule has 0 fully saturated rings. The Morgan fingerprint density at radius 1 is 1.30 bits per heavy atom. The summed E-state index contributed by atoms with van der Waals surface area (Å²) in [6.07, 6.45) is -2.93. The normalized spacial score (nSPS) is 11.4. The number of aromatic amines is 1. The third-order valence-electron chi connectivity index (χ3n) is 2.47. The summed E-state index contributed by atoms with van der Waals surface area (Å²) >= 11 is 1.10. The first-order valence-corrected chi connectivity index (χ1v) is 6.33. The van der Waals surface area contributed by atoms with E-state index in [2.05, 4.69) is 9.72 Å². The van der Waals surface area contributed by atoms with Crippen molar-refractivity contribution in [1.82, 2.24) is 4.98 Å². The van der Waals surface area contributed by atoms with Gasteiger partial charge in [-0.15, -0.1) is 0 Å². The number of aromatic nitrogens is 1. The zero-order valence-electron chi connectivity index (χ0n) is 10.3. The van der Waals surface area contributed by atoms with Crippen molar-refractivity contribution in [1.29, 1.82) is 0 Å². The predicted molar refractivity (Wildman–Crippen MR) is 67.7 cm³/mol. The van der Waals surface area contributed by atoms with Crippen LogP contribution in [-0.2, 0) is 10.9 Å². The lowest BCUT2D eigenvalue weighted by atomic mass is 10.2. The first-order chi connectivity index (χ1) is 9.40. The summed E-state index contributed by atoms with van der Waals surface area (Å²) in [5.74, 6) is -0.503. The van der Waals surface area contributed by atoms with E-state index in [1.54, 1.807) is 6.07 Å². The Labute approximate surface area is 117 Å². The molecule has 20 heavy (non-hydrogen) atoms. The molecule has 0 amide bonds. The highest BCUT2D eigenvalue weighted by molar-refractivity contribution is 7.99. The van der Waals surface area contributed by atoms with Gasteiger partial charge in [-0.1, -0.05) is 17.8 Å². The second kappa shape index (κ2) is 5.62. The minimum Gasteiger partial charge on any atom is -0.465 e. The Morgan fingerprint density at radius 3 is 2.70 bits per heavy atom. The summed E-state index contributed by atoms with van der Waals surface area (Å²) < 4.78 is 42.3. The second-order valence-corrected chi connectivity index (χ2v) is 4.99. The van der Waals surface area contributed by atoms with Crippen LogP contribution >= 0.6 is 11.8 Å². The molecule has 0 radical (unpaired) electrons. The fourth-order valence-electron chi connectivity index (χ4n) is 1.53. The average Bonchev–Trinajstić information content (AvgIpc) is 2.85. The van der Waals surface area contributed by atoms with E-state index in [4.69, 9.17) is 0 Å². The molecular weight excluding hydrogens is 291 g/mol. The number of halogens is 3. The predicted octanol–water partition coefficient (Wildman–Crippen LogP) is 3.97. The number of carbonyl (C=O) groups excluding carboxylic acids is 1. The van der Waals surface area contributed by atoms with Gasteiger partial charge >= 0.3 is 12.1 Å². The van der Waals surface area contributed by atoms with E-state index in [0.717, 1.165) is 23.9 Å². The van der Waals surface area contributed by atoms with E-state index in [9.17, 15) is 18.0 Å². The molecular formula is C13H10F3NO2S. The largest absolute Gasteiger partial charge is 0.465 e. The Kier molecular flexibility index (Phi) is 4.08. The van der Waals surface area contributed by atoms with Crippen LogP contribution in [-0.4, -0.2) is 18.1 Å². The highest BCUT2D eigenvalue weighted by atomic mass is 32.2. The Balaban J connectivity index is 2.18. The summed E-state index contributed by atoms with van der Waals surface area (Å²) in [7, 11) is 1.26. The molecule has 1 aromatic heterocycles. The van der Waals surface area contributed by atoms with Crippen molar-refractivity contribution in [2.24, 2.45) is 0 Å². The SMILES string of the molecule is COC(=O)c1c[nH]c(Sc2cccc(C(F)(F)F)c2)c1. The molecule has 0 spiro atoms. The summed E-state index contributed by atoms with van der Waals surface area (Å²) in [5, 5.41) is 0.560. The molecule has 0 saturated heterocycles. The summed E-state index contributed by atoms with van der Waals surface area (Å²) in [6.45, 7) is 0. The Morgan fingerprint density at radius 2 is 2.05 bits per heavy atom. The standard InChI is InChI=1S/C13H10F3NO2S/c1-19-12(18)8-5-11(17-7-8)20-10-4-2-3-9(6-10)13(14,15)16/h2-7,17H,1H3. The van der Waals surface area contributed by atoms with Crippen LogP contribution in [0.4, 0.5) is 13.2 Å². The van der Waals surface area contributed by atoms with Gasteiger partial charge in [0.25, 0.3) is 0 Å². The number of alkyl halides is 3. The van der Waals surface area contributed by atoms with Crippen LogP contribution in [0.3, 0.4) is 0 Å². The summed E-state index contributed by atoms with van der Waals surface area (Å²) in [5.41, 5.74) is -0.385. The highest BCUT2D eigenvalue weighted by Gasteiger charge is 2.30. The second-order valence-electron chi connectivity index (χ2n) is 3.87. The van der Waals surface area contributed by atoms with E-state index in [1.165, 1.54) is 25.4 Å². The highest BCUT2D eigenvalue weighted by Crippen LogP contribution is 2.34. The van der Waals surface area contributed by atoms with Gasteiger partial charge < -0.3 is 9.72 Å². The molecule has 2 aromatic rings. The number of esters is 1. The van der Waals surface area contributed by atoms with Gasteiger partial charge in [-0.3, -0.25) is 0 Å². The number of benzene rings is 1. The average molecular weight is 301 g/mol. The van der Waals surface area contributed by atoms with Crippen LogP contribution in [0.1, 0.15) is 15.9 Å². The minimum absolute atomic E-state index is 0.321. The van der Waals surface area contributed by atoms with Crippen LogP contribution in [0.25, 0.3) is 0 Å². The molecule has 0 unspecified atom stereocenters. The molecule has 0 bridgehead atoms. The fraction of sp³-hybridized carbons (Fsp3) is 0.154. The zero-order valence-corrected chi connectivity index (χ0v) is 11.1. The number of carbonyl (C=O) groups is 1. The number of methoxy groups -OCH3 is 1. The molecule has 0 aliphatic rings. The van der Waals surface area contributed by atoms with Crippen molar-refractivity contribution in [3.05, 3.63) is 47.7 Å². The number of hydrogen-bond donors (Lipinski definition) is 1. The quantitative estimate of drug-likeness (QED) is 0.872. The first kappa shape index (κ1) is 14.5. The summed E-state index contributed by atoms with van der Waals surface area (Å²) in [4.78, 5) is 14.5. The third kappa shape index (κ3) is 3.36. The minimum atomic E-state index is -4.37. The molecule has 2 rings (SSSR count). The summed E-state index contributed by atoms with van der Waals surface area (Å²) in [6, 6.07) is 6.51. The molecule has 1 N–H and O–H groups in total. The lowest BCUT2D eigenvalue weighted by Gasteiger charge is -2.07. The van der Waals surface area contributed by atoms with Crippen LogP contribution < -0.4 is 0 Å². The number of ether oxygens (including phenoxy) is 1. The monoisotopic (exact) mass is 301 g/mol. The third-order valence-corrected chi connectivity index (χ3v) is 3.41. The van der Waals surface area contributed by atoms with Crippen LogP contribution in [0.15, 0.2) is 46.5 Å². The van der Waals surface area contributed by atoms with E-state index < -0.39 is 17.7 Å². The van der Waals surface area contributed by atoms with E-state index in [-0.39, 0.29) is 0 Å². The topological polar surface area (TPSA) is 42.1 Å². The number of hydrogen-bond acceptors (Lipinski definition) is 3. The Hall–Kier alpha value is -1.89. The molecule has 3 nitrogen and oxygen atoms in total. The van der Waals surface area contributed by atoms with Crippen molar-refractivity contribution >= 4 is 17.7 Å². The van der Waals surface area contributed by atoms with Gasteiger partial charge in [0.2, 0.25) is 0 Å². The van der Waals surface area contributed by atoms with Gasteiger partial charge in [0.1, 0.15) is 0 Å². The first-order valence-electron chi connectivity index (χ1n) is 5.52. The smallest absolute Gasteiger partial charge is 0.416 e. The van der Waals surface area contributed by atoms with Gasteiger partial charge in [0.15, 0.2) is 0 Å². The van der Waals surface area contributed by atoms with Gasteiger partial charge in [-0.25, -0.2) is 4.79 Å². The molecule has 0 aliphatic heterocycles. The zero-order chi connectivity index (χ0) is 14.8. The van der Waals surface area contributed by atoms with Crippen LogP contribution in [0.2, 0.25) is 0 Å². The molecule has 0 atom stereocenters. The van der Waals surface area contributed by atoms with Gasteiger partial charge in [0.05, 0.1) is 23.3 Å². The molecule has 1 aromatic carbocycles. The maximum Gasteiger partial charge on any atom is 0.416 e. The van der Waals surface area contributed by atoms with Gasteiger partial charge in [-0.2, -0.15) is 13.2 Å². The molecule has 0 saturated carbocycles. The van der Waals surface area contributed by atoms with E-state index in [1.807, 2.05) is 0 Å². The van der Waals surface area contributed by atoms with Crippen LogP contribution in [0, 0.1) is 0 Å². The lowest BCUT2D eigenvalue weighted by Crippen LogP contribution is -2.04. The van der Waals surface area contributed by atoms with Crippen molar-refractivity contribution in [2.45, 2.75) is 16.1 Å². The van der Waals surface area contributed by atoms with Crippen molar-refractivity contribution in [3.63, 3.8) is 0 Å². The lowest BCUT2D eigenvalue weighted by molar-refractivity contribution is -0.137. The van der Waals surface area contributed by atoms with Crippen molar-refractivity contribution in [2.75, 3.05) is 7.11 Å². The van der Waals surface area contributed by atoms with Gasteiger partial charge in [0, 0.05) is 11.1 Å². The van der Waals surface area contributed by atoms with Crippen molar-refractivity contribution in [3.8, 4) is 0 Å². The number of H-pyrrole nitrogens is 1. The molecule has 0 aliphatic carbocycles. The number of rotatable bonds is 3. The van der Waals surface area contributed by atoms with E-state index in [0.29, 0.717) is 15.5 Å². The fourth-order valence-corrected chi connectivity index (χ4v) is 2.42.